The van der Waals surface area contributed by atoms with Crippen LogP contribution < -0.4 is 0 Å². The molecule has 3 rings (SSSR count). The molecule has 1 aliphatic heterocycles. The van der Waals surface area contributed by atoms with Crippen molar-refractivity contribution in [2.24, 2.45) is 0 Å². The van der Waals surface area contributed by atoms with Gasteiger partial charge in [-0.3, -0.25) is 4.79 Å². The summed E-state index contributed by atoms with van der Waals surface area (Å²) in [4.78, 5) is 23.7. The highest BCUT2D eigenvalue weighted by Crippen LogP contribution is 2.41. The van der Waals surface area contributed by atoms with E-state index in [9.17, 15) is 9.59 Å². The molecule has 0 saturated carbocycles. The van der Waals surface area contributed by atoms with Gasteiger partial charge < -0.3 is 9.84 Å². The predicted molar refractivity (Wildman–Crippen MR) is 75.5 cm³/mol. The van der Waals surface area contributed by atoms with Crippen LogP contribution in [0.25, 0.3) is 0 Å². The first kappa shape index (κ1) is 13.1. The first-order valence-electron chi connectivity index (χ1n) is 6.44. The summed E-state index contributed by atoms with van der Waals surface area (Å²) in [5, 5.41) is 9.11. The van der Waals surface area contributed by atoms with Gasteiger partial charge in [-0.25, -0.2) is 4.79 Å². The van der Waals surface area contributed by atoms with Gasteiger partial charge in [-0.2, -0.15) is 0 Å². The minimum Gasteiger partial charge on any atom is -0.475 e. The minimum atomic E-state index is -1.42. The SMILES string of the molecule is O=C(O)C1=CC(=O)C(c2ccccc2)(c2ccccc2)O1. The van der Waals surface area contributed by atoms with Crippen LogP contribution >= 0.6 is 0 Å². The maximum atomic E-state index is 12.5. The molecule has 4 nitrogen and oxygen atoms in total. The third-order valence-corrected chi connectivity index (χ3v) is 3.44. The molecule has 0 amide bonds. The van der Waals surface area contributed by atoms with Gasteiger partial charge in [0.15, 0.2) is 0 Å². The second-order valence-corrected chi connectivity index (χ2v) is 4.69. The molecule has 1 aliphatic rings. The maximum absolute atomic E-state index is 12.5. The fourth-order valence-corrected chi connectivity index (χ4v) is 2.49. The normalized spacial score (nSPS) is 16.2. The van der Waals surface area contributed by atoms with E-state index in [4.69, 9.17) is 9.84 Å². The zero-order valence-electron chi connectivity index (χ0n) is 11.0. The number of ketones is 1. The van der Waals surface area contributed by atoms with Crippen LogP contribution in [-0.2, 0) is 19.9 Å². The van der Waals surface area contributed by atoms with Gasteiger partial charge in [0.1, 0.15) is 0 Å². The fraction of sp³-hybridized carbons (Fsp3) is 0.0588. The van der Waals surface area contributed by atoms with Crippen molar-refractivity contribution in [2.45, 2.75) is 5.60 Å². The van der Waals surface area contributed by atoms with E-state index in [2.05, 4.69) is 0 Å². The zero-order valence-corrected chi connectivity index (χ0v) is 11.0. The lowest BCUT2D eigenvalue weighted by molar-refractivity contribution is -0.140. The number of carbonyl (C=O) groups excluding carboxylic acids is 1. The van der Waals surface area contributed by atoms with E-state index in [1.165, 1.54) is 0 Å². The van der Waals surface area contributed by atoms with E-state index >= 15 is 0 Å². The summed E-state index contributed by atoms with van der Waals surface area (Å²) in [5.74, 6) is -1.98. The van der Waals surface area contributed by atoms with Crippen molar-refractivity contribution < 1.29 is 19.4 Å². The number of aliphatic carboxylic acids is 1. The third-order valence-electron chi connectivity index (χ3n) is 3.44. The van der Waals surface area contributed by atoms with E-state index < -0.39 is 17.4 Å². The molecule has 104 valence electrons. The lowest BCUT2D eigenvalue weighted by Gasteiger charge is -2.28. The molecule has 0 aliphatic carbocycles. The summed E-state index contributed by atoms with van der Waals surface area (Å²) in [6.45, 7) is 0. The summed E-state index contributed by atoms with van der Waals surface area (Å²) in [5.41, 5.74) is -0.210. The highest BCUT2D eigenvalue weighted by atomic mass is 16.5. The predicted octanol–water partition coefficient (Wildman–Crippen LogP) is 2.50. The Morgan fingerprint density at radius 2 is 1.38 bits per heavy atom. The largest absolute Gasteiger partial charge is 0.475 e. The highest BCUT2D eigenvalue weighted by Gasteiger charge is 2.49. The quantitative estimate of drug-likeness (QED) is 0.938. The topological polar surface area (TPSA) is 63.6 Å². The highest BCUT2D eigenvalue weighted by molar-refractivity contribution is 6.07. The van der Waals surface area contributed by atoms with Crippen molar-refractivity contribution in [2.75, 3.05) is 0 Å². The first-order chi connectivity index (χ1) is 10.1. The molecule has 2 aromatic rings. The van der Waals surface area contributed by atoms with Crippen molar-refractivity contribution in [3.8, 4) is 0 Å². The third kappa shape index (κ3) is 2.01. The summed E-state index contributed by atoms with van der Waals surface area (Å²) in [6.07, 6.45) is 1.04. The van der Waals surface area contributed by atoms with Gasteiger partial charge in [0.2, 0.25) is 17.1 Å². The molecule has 0 unspecified atom stereocenters. The van der Waals surface area contributed by atoms with Crippen LogP contribution in [0.5, 0.6) is 0 Å². The molecule has 0 aromatic heterocycles. The van der Waals surface area contributed by atoms with Gasteiger partial charge in [-0.05, 0) is 0 Å². The number of rotatable bonds is 3. The lowest BCUT2D eigenvalue weighted by atomic mass is 9.83. The van der Waals surface area contributed by atoms with Gasteiger partial charge in [-0.1, -0.05) is 60.7 Å². The second-order valence-electron chi connectivity index (χ2n) is 4.69. The number of hydrogen-bond donors (Lipinski definition) is 1. The van der Waals surface area contributed by atoms with Crippen LogP contribution in [0.3, 0.4) is 0 Å². The molecule has 0 fully saturated rings. The number of ether oxygens (including phenoxy) is 1. The van der Waals surface area contributed by atoms with E-state index in [-0.39, 0.29) is 5.76 Å². The van der Waals surface area contributed by atoms with Gasteiger partial charge >= 0.3 is 5.97 Å². The van der Waals surface area contributed by atoms with E-state index in [0.717, 1.165) is 6.08 Å². The van der Waals surface area contributed by atoms with Crippen LogP contribution in [-0.4, -0.2) is 16.9 Å². The molecule has 0 radical (unpaired) electrons. The van der Waals surface area contributed by atoms with Crippen LogP contribution in [0.2, 0.25) is 0 Å². The molecular formula is C17H12O4. The second kappa shape index (κ2) is 4.90. The smallest absolute Gasteiger partial charge is 0.371 e. The molecule has 0 spiro atoms. The van der Waals surface area contributed by atoms with Crippen LogP contribution in [0, 0.1) is 0 Å². The lowest BCUT2D eigenvalue weighted by Crippen LogP contribution is -2.35. The summed E-state index contributed by atoms with van der Waals surface area (Å²) >= 11 is 0. The van der Waals surface area contributed by atoms with Crippen molar-refractivity contribution in [3.63, 3.8) is 0 Å². The van der Waals surface area contributed by atoms with E-state index in [1.807, 2.05) is 12.1 Å². The zero-order chi connectivity index (χ0) is 14.9. The van der Waals surface area contributed by atoms with Gasteiger partial charge in [0, 0.05) is 17.2 Å². The Balaban J connectivity index is 2.20. The molecule has 4 heteroatoms. The van der Waals surface area contributed by atoms with Crippen molar-refractivity contribution >= 4 is 11.8 Å². The van der Waals surface area contributed by atoms with Gasteiger partial charge in [-0.15, -0.1) is 0 Å². The summed E-state index contributed by atoms with van der Waals surface area (Å²) in [7, 11) is 0. The molecule has 1 N–H and O–H groups in total. The number of benzene rings is 2. The Kier molecular flexibility index (Phi) is 3.06. The van der Waals surface area contributed by atoms with Crippen LogP contribution in [0.15, 0.2) is 72.5 Å². The Bertz CT molecular complexity index is 677. The van der Waals surface area contributed by atoms with E-state index in [0.29, 0.717) is 11.1 Å². The Hall–Kier alpha value is -2.88. The number of carboxylic acid groups (broad SMARTS) is 1. The van der Waals surface area contributed by atoms with E-state index in [1.54, 1.807) is 48.5 Å². The molecule has 2 aromatic carbocycles. The number of carboxylic acids is 1. The average molecular weight is 280 g/mol. The monoisotopic (exact) mass is 280 g/mol. The van der Waals surface area contributed by atoms with Crippen molar-refractivity contribution in [1.29, 1.82) is 0 Å². The van der Waals surface area contributed by atoms with Crippen LogP contribution in [0.1, 0.15) is 11.1 Å². The minimum absolute atomic E-state index is 0.340. The standard InChI is InChI=1S/C17H12O4/c18-15-11-14(16(19)20)21-17(15,12-7-3-1-4-8-12)13-9-5-2-6-10-13/h1-11H,(H,19,20). The molecule has 21 heavy (non-hydrogen) atoms. The molecular weight excluding hydrogens is 268 g/mol. The summed E-state index contributed by atoms with van der Waals surface area (Å²) in [6, 6.07) is 17.8. The van der Waals surface area contributed by atoms with Gasteiger partial charge in [0.25, 0.3) is 0 Å². The fourth-order valence-electron chi connectivity index (χ4n) is 2.49. The average Bonchev–Trinajstić information content (AvgIpc) is 2.88. The first-order valence-corrected chi connectivity index (χ1v) is 6.44. The summed E-state index contributed by atoms with van der Waals surface area (Å²) < 4.78 is 5.61. The van der Waals surface area contributed by atoms with Crippen LogP contribution in [0.4, 0.5) is 0 Å². The Labute approximate surface area is 121 Å². The Morgan fingerprint density at radius 1 is 0.905 bits per heavy atom. The molecule has 0 bridgehead atoms. The number of carbonyl (C=O) groups is 2. The van der Waals surface area contributed by atoms with Crippen molar-refractivity contribution in [3.05, 3.63) is 83.6 Å². The molecule has 0 atom stereocenters. The van der Waals surface area contributed by atoms with Crippen molar-refractivity contribution in [1.82, 2.24) is 0 Å². The number of hydrogen-bond acceptors (Lipinski definition) is 3. The molecule has 1 heterocycles. The maximum Gasteiger partial charge on any atom is 0.371 e. The molecule has 0 saturated heterocycles. The Morgan fingerprint density at radius 3 is 1.76 bits per heavy atom. The van der Waals surface area contributed by atoms with Gasteiger partial charge in [0.05, 0.1) is 0 Å².